The Balaban J connectivity index is 2.01. The lowest BCUT2D eigenvalue weighted by Crippen LogP contribution is -2.37. The smallest absolute Gasteiger partial charge is 0.319 e. The maximum atomic E-state index is 12.3. The molecule has 1 atom stereocenters. The van der Waals surface area contributed by atoms with Crippen molar-refractivity contribution >= 4 is 11.7 Å². The number of carbonyl (C=O) groups excluding carboxylic acids is 1. The highest BCUT2D eigenvalue weighted by molar-refractivity contribution is 5.90. The van der Waals surface area contributed by atoms with Crippen molar-refractivity contribution in [1.29, 1.82) is 0 Å². The molecule has 2 amide bonds. The number of pyridine rings is 1. The summed E-state index contributed by atoms with van der Waals surface area (Å²) in [5.74, 6) is 1.19. The predicted molar refractivity (Wildman–Crippen MR) is 102 cm³/mol. The van der Waals surface area contributed by atoms with Crippen LogP contribution >= 0.6 is 0 Å². The van der Waals surface area contributed by atoms with E-state index in [1.807, 2.05) is 50.2 Å². The number of nitrogens with one attached hydrogen (secondary N) is 2. The monoisotopic (exact) mass is 358 g/mol. The van der Waals surface area contributed by atoms with E-state index in [0.29, 0.717) is 24.7 Å². The minimum Gasteiger partial charge on any atom is -0.497 e. The second-order valence-electron chi connectivity index (χ2n) is 5.88. The van der Waals surface area contributed by atoms with Crippen LogP contribution in [0.15, 0.2) is 42.6 Å². The fraction of sp³-hybridized carbons (Fsp3) is 0.368. The number of benzene rings is 1. The Bertz CT molecular complexity index is 721. The topological polar surface area (TPSA) is 75.7 Å². The van der Waals surface area contributed by atoms with Gasteiger partial charge in [0.2, 0.25) is 5.88 Å². The van der Waals surface area contributed by atoms with Gasteiger partial charge in [0, 0.05) is 12.7 Å². The Hall–Kier alpha value is -2.80. The Morgan fingerprint density at radius 3 is 2.77 bits per heavy atom. The lowest BCUT2D eigenvalue weighted by molar-refractivity contribution is 0.243. The number of aromatic nitrogens is 1. The van der Waals surface area contributed by atoms with Gasteiger partial charge in [-0.05, 0) is 50.8 Å². The molecule has 26 heavy (non-hydrogen) atoms. The molecule has 0 saturated carbocycles. The van der Waals surface area contributed by atoms with E-state index in [1.165, 1.54) is 0 Å². The van der Waals surface area contributed by atoms with E-state index in [9.17, 15) is 4.79 Å². The molecule has 0 aliphatic rings. The highest BCUT2D eigenvalue weighted by Crippen LogP contribution is 2.23. The van der Waals surface area contributed by atoms with Crippen LogP contribution in [0.5, 0.6) is 11.6 Å². The van der Waals surface area contributed by atoms with Crippen LogP contribution in [0.1, 0.15) is 18.5 Å². The molecule has 0 unspecified atom stereocenters. The molecule has 0 bridgehead atoms. The summed E-state index contributed by atoms with van der Waals surface area (Å²) in [6, 6.07) is 11.0. The van der Waals surface area contributed by atoms with Crippen molar-refractivity contribution < 1.29 is 14.3 Å². The largest absolute Gasteiger partial charge is 0.497 e. The molecule has 1 aromatic heterocycles. The van der Waals surface area contributed by atoms with Crippen molar-refractivity contribution in [3.63, 3.8) is 0 Å². The maximum Gasteiger partial charge on any atom is 0.319 e. The molecule has 0 aliphatic heterocycles. The molecule has 7 nitrogen and oxygen atoms in total. The molecule has 2 rings (SSSR count). The third-order valence-electron chi connectivity index (χ3n) is 3.86. The summed E-state index contributed by atoms with van der Waals surface area (Å²) >= 11 is 0. The molecule has 0 fully saturated rings. The summed E-state index contributed by atoms with van der Waals surface area (Å²) in [7, 11) is 5.58. The van der Waals surface area contributed by atoms with E-state index < -0.39 is 0 Å². The second-order valence-corrected chi connectivity index (χ2v) is 5.88. The standard InChI is InChI=1S/C19H26N4O3/c1-5-26-18-16(10-7-11-20-18)22-19(24)21-13-17(23(2)3)14-8-6-9-15(12-14)25-4/h6-12,17H,5,13H2,1-4H3,(H2,21,22,24)/t17-/m0/s1. The van der Waals surface area contributed by atoms with Crippen LogP contribution in [0, 0.1) is 0 Å². The summed E-state index contributed by atoms with van der Waals surface area (Å²) in [6.45, 7) is 2.79. The Kier molecular flexibility index (Phi) is 7.23. The number of hydrogen-bond acceptors (Lipinski definition) is 5. The van der Waals surface area contributed by atoms with Crippen molar-refractivity contribution in [2.45, 2.75) is 13.0 Å². The number of likely N-dealkylation sites (N-methyl/N-ethyl adjacent to an activating group) is 1. The van der Waals surface area contributed by atoms with Crippen LogP contribution in [0.2, 0.25) is 0 Å². The van der Waals surface area contributed by atoms with E-state index in [0.717, 1.165) is 11.3 Å². The summed E-state index contributed by atoms with van der Waals surface area (Å²) in [5, 5.41) is 5.68. The van der Waals surface area contributed by atoms with Crippen LogP contribution in [0.4, 0.5) is 10.5 Å². The maximum absolute atomic E-state index is 12.3. The van der Waals surface area contributed by atoms with Gasteiger partial charge in [0.15, 0.2) is 0 Å². The zero-order valence-electron chi connectivity index (χ0n) is 15.7. The highest BCUT2D eigenvalue weighted by atomic mass is 16.5. The number of anilines is 1. The van der Waals surface area contributed by atoms with Crippen LogP contribution < -0.4 is 20.1 Å². The number of amides is 2. The van der Waals surface area contributed by atoms with Gasteiger partial charge < -0.3 is 25.0 Å². The first-order valence-electron chi connectivity index (χ1n) is 8.48. The van der Waals surface area contributed by atoms with E-state index >= 15 is 0 Å². The van der Waals surface area contributed by atoms with Crippen molar-refractivity contribution in [3.8, 4) is 11.6 Å². The number of carbonyl (C=O) groups is 1. The molecule has 1 aromatic carbocycles. The Morgan fingerprint density at radius 2 is 2.08 bits per heavy atom. The van der Waals surface area contributed by atoms with Crippen molar-refractivity contribution in [3.05, 3.63) is 48.2 Å². The second kappa shape index (κ2) is 9.62. The number of hydrogen-bond donors (Lipinski definition) is 2. The molecular weight excluding hydrogens is 332 g/mol. The van der Waals surface area contributed by atoms with E-state index in [1.54, 1.807) is 25.4 Å². The molecule has 0 spiro atoms. The summed E-state index contributed by atoms with van der Waals surface area (Å²) in [6.07, 6.45) is 1.62. The lowest BCUT2D eigenvalue weighted by Gasteiger charge is -2.25. The van der Waals surface area contributed by atoms with Gasteiger partial charge in [-0.2, -0.15) is 0 Å². The number of urea groups is 1. The van der Waals surface area contributed by atoms with Crippen LogP contribution in [0.3, 0.4) is 0 Å². The Morgan fingerprint density at radius 1 is 1.27 bits per heavy atom. The molecule has 2 aromatic rings. The molecule has 1 heterocycles. The molecule has 2 N–H and O–H groups in total. The van der Waals surface area contributed by atoms with Crippen molar-refractivity contribution in [2.24, 2.45) is 0 Å². The molecule has 0 radical (unpaired) electrons. The van der Waals surface area contributed by atoms with Crippen molar-refractivity contribution in [1.82, 2.24) is 15.2 Å². The van der Waals surface area contributed by atoms with Gasteiger partial charge in [-0.15, -0.1) is 0 Å². The van der Waals surface area contributed by atoms with Gasteiger partial charge in [-0.1, -0.05) is 12.1 Å². The number of methoxy groups -OCH3 is 1. The highest BCUT2D eigenvalue weighted by Gasteiger charge is 2.16. The predicted octanol–water partition coefficient (Wildman–Crippen LogP) is 2.91. The minimum absolute atomic E-state index is 0.0103. The normalized spacial score (nSPS) is 11.7. The number of rotatable bonds is 8. The van der Waals surface area contributed by atoms with Gasteiger partial charge >= 0.3 is 6.03 Å². The van der Waals surface area contributed by atoms with Crippen LogP contribution in [-0.4, -0.2) is 50.3 Å². The van der Waals surface area contributed by atoms with Gasteiger partial charge in [0.25, 0.3) is 0 Å². The van der Waals surface area contributed by atoms with Crippen LogP contribution in [0.25, 0.3) is 0 Å². The van der Waals surface area contributed by atoms with Gasteiger partial charge in [-0.25, -0.2) is 9.78 Å². The van der Waals surface area contributed by atoms with E-state index in [2.05, 4.69) is 15.6 Å². The third kappa shape index (κ3) is 5.35. The third-order valence-corrected chi connectivity index (χ3v) is 3.86. The first-order valence-corrected chi connectivity index (χ1v) is 8.48. The average molecular weight is 358 g/mol. The van der Waals surface area contributed by atoms with E-state index in [4.69, 9.17) is 9.47 Å². The quantitative estimate of drug-likeness (QED) is 0.759. The van der Waals surface area contributed by atoms with Gasteiger partial charge in [-0.3, -0.25) is 0 Å². The van der Waals surface area contributed by atoms with Crippen LogP contribution in [-0.2, 0) is 0 Å². The average Bonchev–Trinajstić information content (AvgIpc) is 2.63. The lowest BCUT2D eigenvalue weighted by atomic mass is 10.1. The summed E-state index contributed by atoms with van der Waals surface area (Å²) < 4.78 is 10.7. The SMILES string of the molecule is CCOc1ncccc1NC(=O)NC[C@@H](c1cccc(OC)c1)N(C)C. The molecule has 0 aliphatic carbocycles. The zero-order chi connectivity index (χ0) is 18.9. The molecule has 0 saturated heterocycles. The van der Waals surface area contributed by atoms with E-state index in [-0.39, 0.29) is 12.1 Å². The molecule has 7 heteroatoms. The molecular formula is C19H26N4O3. The molecule has 140 valence electrons. The van der Waals surface area contributed by atoms with Gasteiger partial charge in [0.1, 0.15) is 11.4 Å². The fourth-order valence-corrected chi connectivity index (χ4v) is 2.54. The first kappa shape index (κ1) is 19.5. The zero-order valence-corrected chi connectivity index (χ0v) is 15.7. The number of ether oxygens (including phenoxy) is 2. The minimum atomic E-state index is -0.311. The fourth-order valence-electron chi connectivity index (χ4n) is 2.54. The first-order chi connectivity index (χ1) is 12.5. The summed E-state index contributed by atoms with van der Waals surface area (Å²) in [5.41, 5.74) is 1.60. The van der Waals surface area contributed by atoms with Crippen molar-refractivity contribution in [2.75, 3.05) is 39.7 Å². The van der Waals surface area contributed by atoms with Gasteiger partial charge in [0.05, 0.1) is 19.8 Å². The Labute approximate surface area is 154 Å². The number of nitrogens with zero attached hydrogens (tertiary/aromatic N) is 2. The summed E-state index contributed by atoms with van der Waals surface area (Å²) in [4.78, 5) is 18.5.